The van der Waals surface area contributed by atoms with E-state index in [0.29, 0.717) is 11.4 Å². The predicted molar refractivity (Wildman–Crippen MR) is 51.5 cm³/mol. The van der Waals surface area contributed by atoms with Gasteiger partial charge in [0.05, 0.1) is 5.69 Å². The highest BCUT2D eigenvalue weighted by atomic mass is 16.2. The van der Waals surface area contributed by atoms with Gasteiger partial charge in [0.15, 0.2) is 5.69 Å². The molecule has 1 atom stereocenters. The van der Waals surface area contributed by atoms with E-state index in [2.05, 4.69) is 26.3 Å². The molecule has 1 unspecified atom stereocenters. The lowest BCUT2D eigenvalue weighted by Gasteiger charge is -2.11. The number of hydrogen-bond acceptors (Lipinski definition) is 4. The number of rotatable bonds is 4. The van der Waals surface area contributed by atoms with Gasteiger partial charge in [-0.2, -0.15) is 15.4 Å². The van der Waals surface area contributed by atoms with Crippen molar-refractivity contribution in [3.8, 4) is 0 Å². The second kappa shape index (κ2) is 4.71. The molecule has 0 bridgehead atoms. The van der Waals surface area contributed by atoms with Crippen LogP contribution in [0.3, 0.4) is 0 Å². The smallest absolute Gasteiger partial charge is 0.286 e. The van der Waals surface area contributed by atoms with E-state index in [9.17, 15) is 4.79 Å². The molecule has 14 heavy (non-hydrogen) atoms. The minimum absolute atomic E-state index is 0.242. The number of aromatic nitrogens is 3. The molecule has 0 aliphatic heterocycles. The zero-order valence-corrected chi connectivity index (χ0v) is 8.59. The molecular formula is C8H15N5O. The third-order valence-electron chi connectivity index (χ3n) is 1.98. The minimum Gasteiger partial charge on any atom is -0.286 e. The van der Waals surface area contributed by atoms with Crippen molar-refractivity contribution >= 4 is 5.91 Å². The van der Waals surface area contributed by atoms with Crippen molar-refractivity contribution in [3.63, 3.8) is 0 Å². The Bertz CT molecular complexity index is 308. The van der Waals surface area contributed by atoms with Gasteiger partial charge in [-0.15, -0.1) is 0 Å². The normalized spacial score (nSPS) is 12.5. The van der Waals surface area contributed by atoms with Gasteiger partial charge in [0.25, 0.3) is 5.91 Å². The summed E-state index contributed by atoms with van der Waals surface area (Å²) in [7, 11) is 0. The van der Waals surface area contributed by atoms with Crippen LogP contribution in [0.5, 0.6) is 0 Å². The first kappa shape index (κ1) is 10.6. The Labute approximate surface area is 82.4 Å². The summed E-state index contributed by atoms with van der Waals surface area (Å²) in [6, 6.07) is 0.242. The SMILES string of the molecule is CCC(C)NNC(=O)c1n[nH]nc1C. The van der Waals surface area contributed by atoms with Crippen molar-refractivity contribution in [2.75, 3.05) is 0 Å². The lowest BCUT2D eigenvalue weighted by molar-refractivity contribution is 0.0920. The third kappa shape index (κ3) is 2.53. The van der Waals surface area contributed by atoms with Crippen molar-refractivity contribution in [3.05, 3.63) is 11.4 Å². The van der Waals surface area contributed by atoms with Crippen LogP contribution < -0.4 is 10.9 Å². The Morgan fingerprint density at radius 1 is 1.57 bits per heavy atom. The van der Waals surface area contributed by atoms with Gasteiger partial charge >= 0.3 is 0 Å². The van der Waals surface area contributed by atoms with Gasteiger partial charge in [-0.05, 0) is 20.3 Å². The van der Waals surface area contributed by atoms with Crippen LogP contribution in [0, 0.1) is 6.92 Å². The molecule has 0 aromatic carbocycles. The average molecular weight is 197 g/mol. The molecule has 0 aliphatic rings. The third-order valence-corrected chi connectivity index (χ3v) is 1.98. The minimum atomic E-state index is -0.267. The number of nitrogens with one attached hydrogen (secondary N) is 3. The van der Waals surface area contributed by atoms with Crippen LogP contribution in [-0.4, -0.2) is 27.4 Å². The Morgan fingerprint density at radius 3 is 2.79 bits per heavy atom. The zero-order valence-electron chi connectivity index (χ0n) is 8.59. The average Bonchev–Trinajstić information content (AvgIpc) is 2.60. The molecule has 6 heteroatoms. The van der Waals surface area contributed by atoms with E-state index in [0.717, 1.165) is 6.42 Å². The van der Waals surface area contributed by atoms with Crippen LogP contribution in [0.25, 0.3) is 0 Å². The number of aryl methyl sites for hydroxylation is 1. The quantitative estimate of drug-likeness (QED) is 0.600. The van der Waals surface area contributed by atoms with Crippen molar-refractivity contribution in [2.24, 2.45) is 0 Å². The number of nitrogens with zero attached hydrogens (tertiary/aromatic N) is 2. The van der Waals surface area contributed by atoms with Crippen LogP contribution in [0.4, 0.5) is 0 Å². The van der Waals surface area contributed by atoms with Crippen molar-refractivity contribution < 1.29 is 4.79 Å². The Morgan fingerprint density at radius 2 is 2.29 bits per heavy atom. The molecule has 78 valence electrons. The number of hydrogen-bond donors (Lipinski definition) is 3. The maximum Gasteiger partial charge on any atom is 0.287 e. The lowest BCUT2D eigenvalue weighted by Crippen LogP contribution is -2.43. The van der Waals surface area contributed by atoms with E-state index in [1.165, 1.54) is 0 Å². The van der Waals surface area contributed by atoms with Crippen LogP contribution in [0.15, 0.2) is 0 Å². The summed E-state index contributed by atoms with van der Waals surface area (Å²) >= 11 is 0. The van der Waals surface area contributed by atoms with Crippen LogP contribution in [-0.2, 0) is 0 Å². The molecule has 0 spiro atoms. The molecule has 0 aliphatic carbocycles. The van der Waals surface area contributed by atoms with Crippen molar-refractivity contribution in [1.82, 2.24) is 26.3 Å². The molecular weight excluding hydrogens is 182 g/mol. The summed E-state index contributed by atoms with van der Waals surface area (Å²) in [4.78, 5) is 11.5. The summed E-state index contributed by atoms with van der Waals surface area (Å²) < 4.78 is 0. The summed E-state index contributed by atoms with van der Waals surface area (Å²) in [6.07, 6.45) is 0.943. The predicted octanol–water partition coefficient (Wildman–Crippen LogP) is 0.146. The highest BCUT2D eigenvalue weighted by molar-refractivity contribution is 5.92. The van der Waals surface area contributed by atoms with E-state index in [1.807, 2.05) is 13.8 Å². The maximum absolute atomic E-state index is 11.5. The molecule has 1 amide bonds. The molecule has 1 rings (SSSR count). The molecule has 1 heterocycles. The van der Waals surface area contributed by atoms with E-state index < -0.39 is 0 Å². The number of aromatic amines is 1. The zero-order chi connectivity index (χ0) is 10.6. The van der Waals surface area contributed by atoms with Crippen LogP contribution in [0.2, 0.25) is 0 Å². The van der Waals surface area contributed by atoms with E-state index in [-0.39, 0.29) is 11.9 Å². The van der Waals surface area contributed by atoms with E-state index in [1.54, 1.807) is 6.92 Å². The molecule has 6 nitrogen and oxygen atoms in total. The lowest BCUT2D eigenvalue weighted by atomic mass is 10.3. The molecule has 0 fully saturated rings. The fourth-order valence-corrected chi connectivity index (χ4v) is 0.849. The van der Waals surface area contributed by atoms with Gasteiger partial charge in [0.2, 0.25) is 0 Å². The summed E-state index contributed by atoms with van der Waals surface area (Å²) in [5.74, 6) is -0.267. The van der Waals surface area contributed by atoms with Gasteiger partial charge < -0.3 is 0 Å². The molecule has 0 radical (unpaired) electrons. The fourth-order valence-electron chi connectivity index (χ4n) is 0.849. The highest BCUT2D eigenvalue weighted by Crippen LogP contribution is 1.97. The number of H-pyrrole nitrogens is 1. The van der Waals surface area contributed by atoms with Gasteiger partial charge in [0.1, 0.15) is 0 Å². The largest absolute Gasteiger partial charge is 0.287 e. The number of carbonyl (C=O) groups is 1. The second-order valence-corrected chi connectivity index (χ2v) is 3.17. The molecule has 0 saturated carbocycles. The van der Waals surface area contributed by atoms with E-state index >= 15 is 0 Å². The topological polar surface area (TPSA) is 82.7 Å². The maximum atomic E-state index is 11.5. The van der Waals surface area contributed by atoms with Gasteiger partial charge in [-0.25, -0.2) is 5.43 Å². The standard InChI is InChI=1S/C8H15N5O/c1-4-5(2)9-12-8(14)7-6(3)10-13-11-7/h5,9H,4H2,1-3H3,(H,12,14)(H,10,11,13). The first-order valence-corrected chi connectivity index (χ1v) is 4.58. The fraction of sp³-hybridized carbons (Fsp3) is 0.625. The second-order valence-electron chi connectivity index (χ2n) is 3.17. The van der Waals surface area contributed by atoms with Gasteiger partial charge in [-0.3, -0.25) is 10.2 Å². The first-order chi connectivity index (χ1) is 6.65. The molecule has 1 aromatic rings. The van der Waals surface area contributed by atoms with Crippen molar-refractivity contribution in [2.45, 2.75) is 33.2 Å². The van der Waals surface area contributed by atoms with Gasteiger partial charge in [-0.1, -0.05) is 6.92 Å². The number of carbonyl (C=O) groups excluding carboxylic acids is 1. The van der Waals surface area contributed by atoms with Crippen LogP contribution in [0.1, 0.15) is 36.5 Å². The molecule has 1 aromatic heterocycles. The van der Waals surface area contributed by atoms with Crippen molar-refractivity contribution in [1.29, 1.82) is 0 Å². The molecule has 3 N–H and O–H groups in total. The van der Waals surface area contributed by atoms with E-state index in [4.69, 9.17) is 0 Å². The summed E-state index contributed by atoms with van der Waals surface area (Å²) in [5, 5.41) is 9.88. The Hall–Kier alpha value is -1.43. The Balaban J connectivity index is 2.47. The first-order valence-electron chi connectivity index (χ1n) is 4.58. The number of amides is 1. The Kier molecular flexibility index (Phi) is 3.58. The summed E-state index contributed by atoms with van der Waals surface area (Å²) in [5.41, 5.74) is 6.34. The summed E-state index contributed by atoms with van der Waals surface area (Å²) in [6.45, 7) is 5.74. The monoisotopic (exact) mass is 197 g/mol. The molecule has 0 saturated heterocycles. The number of hydrazine groups is 1. The highest BCUT2D eigenvalue weighted by Gasteiger charge is 2.12. The van der Waals surface area contributed by atoms with Gasteiger partial charge in [0, 0.05) is 6.04 Å². The van der Waals surface area contributed by atoms with Crippen LogP contribution >= 0.6 is 0 Å².